The first-order valence-corrected chi connectivity index (χ1v) is 8.39. The Morgan fingerprint density at radius 3 is 2.67 bits per heavy atom. The van der Waals surface area contributed by atoms with Crippen LogP contribution in [-0.4, -0.2) is 55.0 Å². The molecule has 1 aliphatic heterocycles. The van der Waals surface area contributed by atoms with E-state index in [-0.39, 0.29) is 12.5 Å². The predicted octanol–water partition coefficient (Wildman–Crippen LogP) is 0.804. The number of nitrogens with one attached hydrogen (secondary N) is 2. The number of nitrogens with zero attached hydrogens (tertiary/aromatic N) is 1. The highest BCUT2D eigenvalue weighted by Crippen LogP contribution is 2.10. The van der Waals surface area contributed by atoms with Crippen LogP contribution >= 0.6 is 0 Å². The molecule has 0 radical (unpaired) electrons. The smallest absolute Gasteiger partial charge is 0.326 e. The van der Waals surface area contributed by atoms with Gasteiger partial charge >= 0.3 is 12.0 Å². The normalized spacial score (nSPS) is 15.0. The summed E-state index contributed by atoms with van der Waals surface area (Å²) in [5.41, 5.74) is 0. The van der Waals surface area contributed by atoms with Crippen molar-refractivity contribution in [3.8, 4) is 0 Å². The molecule has 0 aromatic rings. The number of carbonyl (C=O) groups excluding carboxylic acids is 4. The number of hydrogen-bond acceptors (Lipinski definition) is 5. The van der Waals surface area contributed by atoms with E-state index in [0.29, 0.717) is 25.4 Å². The first-order chi connectivity index (χ1) is 11.4. The van der Waals surface area contributed by atoms with Gasteiger partial charge < -0.3 is 15.0 Å². The van der Waals surface area contributed by atoms with Gasteiger partial charge in [-0.1, -0.05) is 20.3 Å². The van der Waals surface area contributed by atoms with Crippen molar-refractivity contribution >= 4 is 23.8 Å². The molecule has 1 fully saturated rings. The highest BCUT2D eigenvalue weighted by Gasteiger charge is 2.20. The second-order valence-corrected chi connectivity index (χ2v) is 6.27. The second-order valence-electron chi connectivity index (χ2n) is 6.27. The van der Waals surface area contributed by atoms with Crippen molar-refractivity contribution in [1.29, 1.82) is 0 Å². The van der Waals surface area contributed by atoms with Crippen LogP contribution in [0.15, 0.2) is 0 Å². The fourth-order valence-corrected chi connectivity index (χ4v) is 2.23. The van der Waals surface area contributed by atoms with E-state index in [1.54, 1.807) is 0 Å². The van der Waals surface area contributed by atoms with Crippen LogP contribution in [0, 0.1) is 5.92 Å². The summed E-state index contributed by atoms with van der Waals surface area (Å²) < 4.78 is 4.81. The van der Waals surface area contributed by atoms with Crippen molar-refractivity contribution in [1.82, 2.24) is 15.5 Å². The lowest BCUT2D eigenvalue weighted by atomic mass is 10.1. The van der Waals surface area contributed by atoms with Crippen molar-refractivity contribution in [2.75, 3.05) is 26.2 Å². The van der Waals surface area contributed by atoms with Gasteiger partial charge in [0.25, 0.3) is 5.91 Å². The Kier molecular flexibility index (Phi) is 8.81. The van der Waals surface area contributed by atoms with E-state index in [1.807, 2.05) is 13.8 Å². The van der Waals surface area contributed by atoms with Crippen LogP contribution in [0.2, 0.25) is 0 Å². The first-order valence-electron chi connectivity index (χ1n) is 8.39. The van der Waals surface area contributed by atoms with E-state index in [4.69, 9.17) is 4.74 Å². The van der Waals surface area contributed by atoms with Crippen LogP contribution in [0.3, 0.4) is 0 Å². The summed E-state index contributed by atoms with van der Waals surface area (Å²) in [7, 11) is 0. The van der Waals surface area contributed by atoms with E-state index in [2.05, 4.69) is 10.6 Å². The standard InChI is InChI=1S/C16H27N3O5/c1-12(2)7-8-17-16(23)18-13(20)11-24-15(22)10-19-9-5-3-4-6-14(19)21/h12H,3-11H2,1-2H3,(H2,17,18,20,23). The summed E-state index contributed by atoms with van der Waals surface area (Å²) in [6, 6.07) is -0.612. The summed E-state index contributed by atoms with van der Waals surface area (Å²) in [6.45, 7) is 4.34. The Labute approximate surface area is 142 Å². The zero-order valence-electron chi connectivity index (χ0n) is 14.4. The largest absolute Gasteiger partial charge is 0.454 e. The molecular weight excluding hydrogens is 314 g/mol. The summed E-state index contributed by atoms with van der Waals surface area (Å²) in [4.78, 5) is 47.9. The van der Waals surface area contributed by atoms with Gasteiger partial charge in [-0.05, 0) is 25.2 Å². The highest BCUT2D eigenvalue weighted by molar-refractivity contribution is 5.95. The van der Waals surface area contributed by atoms with E-state index in [1.165, 1.54) is 4.90 Å². The molecule has 0 atom stereocenters. The van der Waals surface area contributed by atoms with Gasteiger partial charge in [0.15, 0.2) is 6.61 Å². The molecule has 1 aliphatic rings. The third-order valence-electron chi connectivity index (χ3n) is 3.62. The van der Waals surface area contributed by atoms with E-state index in [0.717, 1.165) is 25.7 Å². The monoisotopic (exact) mass is 341 g/mol. The Balaban J connectivity index is 2.22. The van der Waals surface area contributed by atoms with Crippen LogP contribution in [0.25, 0.3) is 0 Å². The van der Waals surface area contributed by atoms with Crippen LogP contribution in [-0.2, 0) is 19.1 Å². The molecule has 1 heterocycles. The van der Waals surface area contributed by atoms with E-state index >= 15 is 0 Å². The molecule has 0 unspecified atom stereocenters. The van der Waals surface area contributed by atoms with Gasteiger partial charge in [-0.25, -0.2) is 4.79 Å². The molecule has 0 aromatic heterocycles. The minimum absolute atomic E-state index is 0.0709. The molecule has 24 heavy (non-hydrogen) atoms. The van der Waals surface area contributed by atoms with Crippen molar-refractivity contribution in [2.45, 2.75) is 46.0 Å². The third kappa shape index (κ3) is 8.50. The molecule has 8 heteroatoms. The maximum absolute atomic E-state index is 11.8. The molecular formula is C16H27N3O5. The molecule has 0 aromatic carbocycles. The molecule has 0 spiro atoms. The quantitative estimate of drug-likeness (QED) is 0.667. The SMILES string of the molecule is CC(C)CCNC(=O)NC(=O)COC(=O)CN1CCCCCC1=O. The average Bonchev–Trinajstić information content (AvgIpc) is 2.70. The van der Waals surface area contributed by atoms with Gasteiger partial charge in [0.05, 0.1) is 0 Å². The van der Waals surface area contributed by atoms with Crippen LogP contribution < -0.4 is 10.6 Å². The molecule has 136 valence electrons. The number of hydrogen-bond donors (Lipinski definition) is 2. The fraction of sp³-hybridized carbons (Fsp3) is 0.750. The van der Waals surface area contributed by atoms with Crippen molar-refractivity contribution in [3.63, 3.8) is 0 Å². The lowest BCUT2D eigenvalue weighted by Crippen LogP contribution is -2.42. The molecule has 2 N–H and O–H groups in total. The molecule has 0 saturated carbocycles. The number of rotatable bonds is 7. The highest BCUT2D eigenvalue weighted by atomic mass is 16.5. The van der Waals surface area contributed by atoms with Crippen molar-refractivity contribution in [3.05, 3.63) is 0 Å². The van der Waals surface area contributed by atoms with E-state index in [9.17, 15) is 19.2 Å². The molecule has 1 saturated heterocycles. The van der Waals surface area contributed by atoms with Crippen LogP contribution in [0.4, 0.5) is 4.79 Å². The van der Waals surface area contributed by atoms with Gasteiger partial charge in [0.2, 0.25) is 5.91 Å². The molecule has 8 nitrogen and oxygen atoms in total. The maximum atomic E-state index is 11.8. The lowest BCUT2D eigenvalue weighted by molar-refractivity contribution is -0.152. The average molecular weight is 341 g/mol. The molecule has 1 rings (SSSR count). The van der Waals surface area contributed by atoms with Gasteiger partial charge in [0.1, 0.15) is 6.54 Å². The predicted molar refractivity (Wildman–Crippen MR) is 87.0 cm³/mol. The van der Waals surface area contributed by atoms with Crippen LogP contribution in [0.1, 0.15) is 46.0 Å². The number of esters is 1. The molecule has 0 bridgehead atoms. The van der Waals surface area contributed by atoms with Crippen LogP contribution in [0.5, 0.6) is 0 Å². The fourth-order valence-electron chi connectivity index (χ4n) is 2.23. The summed E-state index contributed by atoms with van der Waals surface area (Å²) in [5, 5.41) is 4.63. The van der Waals surface area contributed by atoms with Gasteiger partial charge in [-0.15, -0.1) is 0 Å². The second kappa shape index (κ2) is 10.6. The number of urea groups is 1. The minimum atomic E-state index is -0.701. The zero-order valence-corrected chi connectivity index (χ0v) is 14.4. The number of ether oxygens (including phenoxy) is 1. The van der Waals surface area contributed by atoms with E-state index < -0.39 is 24.5 Å². The van der Waals surface area contributed by atoms with Gasteiger partial charge in [-0.3, -0.25) is 19.7 Å². The number of imide groups is 1. The Hall–Kier alpha value is -2.12. The number of amides is 4. The molecule has 4 amide bonds. The molecule has 0 aliphatic carbocycles. The topological polar surface area (TPSA) is 105 Å². The minimum Gasteiger partial charge on any atom is -0.454 e. The summed E-state index contributed by atoms with van der Waals surface area (Å²) in [6.07, 6.45) is 3.89. The third-order valence-corrected chi connectivity index (χ3v) is 3.62. The first kappa shape index (κ1) is 19.9. The summed E-state index contributed by atoms with van der Waals surface area (Å²) >= 11 is 0. The number of carbonyl (C=O) groups is 4. The summed E-state index contributed by atoms with van der Waals surface area (Å²) in [5.74, 6) is -0.977. The maximum Gasteiger partial charge on any atom is 0.326 e. The van der Waals surface area contributed by atoms with Crippen molar-refractivity contribution in [2.24, 2.45) is 5.92 Å². The Bertz CT molecular complexity index is 465. The zero-order chi connectivity index (χ0) is 17.9. The van der Waals surface area contributed by atoms with Crippen molar-refractivity contribution < 1.29 is 23.9 Å². The lowest BCUT2D eigenvalue weighted by Gasteiger charge is -2.19. The Morgan fingerprint density at radius 1 is 1.21 bits per heavy atom. The van der Waals surface area contributed by atoms with Gasteiger partial charge in [0, 0.05) is 19.5 Å². The Morgan fingerprint density at radius 2 is 1.96 bits per heavy atom. The number of likely N-dealkylation sites (tertiary alicyclic amines) is 1. The van der Waals surface area contributed by atoms with Gasteiger partial charge in [-0.2, -0.15) is 0 Å².